The second-order valence-electron chi connectivity index (χ2n) is 14.6. The zero-order valence-electron chi connectivity index (χ0n) is 32.9. The van der Waals surface area contributed by atoms with Crippen LogP contribution in [0.4, 0.5) is 9.59 Å². The maximum Gasteiger partial charge on any atom is 0.412 e. The van der Waals surface area contributed by atoms with E-state index in [4.69, 9.17) is 23.8 Å². The third kappa shape index (κ3) is 9.83. The number of allylic oxidation sites excluding steroid dienone is 1. The van der Waals surface area contributed by atoms with E-state index in [1.807, 2.05) is 49.4 Å². The molecular formula is C44H59N3O9. The maximum atomic E-state index is 14.0. The van der Waals surface area contributed by atoms with Crippen molar-refractivity contribution in [2.24, 2.45) is 22.9 Å². The van der Waals surface area contributed by atoms with Gasteiger partial charge >= 0.3 is 12.2 Å². The predicted octanol–water partition coefficient (Wildman–Crippen LogP) is 7.66. The van der Waals surface area contributed by atoms with Gasteiger partial charge in [-0.2, -0.15) is 0 Å². The van der Waals surface area contributed by atoms with Gasteiger partial charge in [-0.15, -0.1) is 13.2 Å². The number of amides is 2. The second kappa shape index (κ2) is 21.0. The average molecular weight is 774 g/mol. The quantitative estimate of drug-likeness (QED) is 0.0661. The number of fused-ring (bicyclic) bond motifs is 2. The Balaban J connectivity index is 1.68. The van der Waals surface area contributed by atoms with Gasteiger partial charge in [-0.3, -0.25) is 4.90 Å². The lowest BCUT2D eigenvalue weighted by Gasteiger charge is -2.59. The Kier molecular flexibility index (Phi) is 16.0. The molecule has 1 fully saturated rings. The molecule has 3 N–H and O–H groups in total. The minimum atomic E-state index is -1.40. The highest BCUT2D eigenvalue weighted by molar-refractivity contribution is 6.03. The van der Waals surface area contributed by atoms with Gasteiger partial charge in [0.25, 0.3) is 0 Å². The smallest absolute Gasteiger partial charge is 0.412 e. The Bertz CT molecular complexity index is 1680. The SMILES string of the molecule is C=CCCOC(=O)N(CCC)[C@H]1CC(=NOC)C2=C[C@H](CCCCO)[C@@H](CCCCO)[C@@H]3c4cc(OC(=O)NCc5ccccc5)ccc4O[C@@]1(OCC=C)[C@H]23. The summed E-state index contributed by atoms with van der Waals surface area (Å²) in [7, 11) is 1.52. The highest BCUT2D eigenvalue weighted by Crippen LogP contribution is 2.62. The number of benzene rings is 2. The fourth-order valence-corrected chi connectivity index (χ4v) is 8.66. The van der Waals surface area contributed by atoms with Gasteiger partial charge in [0.05, 0.1) is 24.8 Å². The minimum Gasteiger partial charge on any atom is -0.459 e. The first kappa shape index (κ1) is 42.5. The first-order chi connectivity index (χ1) is 27.3. The summed E-state index contributed by atoms with van der Waals surface area (Å²) in [4.78, 5) is 34.4. The number of hydrogen-bond donors (Lipinski definition) is 3. The molecule has 56 heavy (non-hydrogen) atoms. The monoisotopic (exact) mass is 773 g/mol. The molecule has 2 aliphatic carbocycles. The summed E-state index contributed by atoms with van der Waals surface area (Å²) in [6, 6.07) is 14.3. The Morgan fingerprint density at radius 1 is 1.05 bits per heavy atom. The molecule has 304 valence electrons. The third-order valence-corrected chi connectivity index (χ3v) is 11.0. The predicted molar refractivity (Wildman–Crippen MR) is 214 cm³/mol. The van der Waals surface area contributed by atoms with Crippen LogP contribution in [0.2, 0.25) is 0 Å². The second-order valence-corrected chi connectivity index (χ2v) is 14.6. The number of nitrogens with one attached hydrogen (secondary N) is 1. The number of carbonyl (C=O) groups is 2. The molecule has 0 aromatic heterocycles. The molecule has 3 aliphatic rings. The molecule has 0 unspecified atom stereocenters. The Morgan fingerprint density at radius 2 is 1.82 bits per heavy atom. The van der Waals surface area contributed by atoms with Crippen molar-refractivity contribution in [2.75, 3.05) is 40.1 Å². The summed E-state index contributed by atoms with van der Waals surface area (Å²) < 4.78 is 25.8. The van der Waals surface area contributed by atoms with E-state index in [0.29, 0.717) is 56.0 Å². The first-order valence-corrected chi connectivity index (χ1v) is 20.0. The van der Waals surface area contributed by atoms with Crippen LogP contribution in [0.25, 0.3) is 0 Å². The summed E-state index contributed by atoms with van der Waals surface area (Å²) in [5, 5.41) is 27.1. The molecule has 0 bridgehead atoms. The van der Waals surface area contributed by atoms with Crippen molar-refractivity contribution < 1.29 is 43.6 Å². The molecule has 1 heterocycles. The van der Waals surface area contributed by atoms with Gasteiger partial charge in [0.1, 0.15) is 24.7 Å². The van der Waals surface area contributed by atoms with E-state index in [9.17, 15) is 19.8 Å². The molecule has 2 aromatic rings. The van der Waals surface area contributed by atoms with Crippen LogP contribution in [0.1, 0.15) is 81.8 Å². The molecule has 0 spiro atoms. The van der Waals surface area contributed by atoms with Crippen LogP contribution in [0, 0.1) is 17.8 Å². The van der Waals surface area contributed by atoms with E-state index in [2.05, 4.69) is 29.7 Å². The van der Waals surface area contributed by atoms with Gasteiger partial charge in [-0.1, -0.05) is 73.5 Å². The molecule has 0 radical (unpaired) electrons. The number of carbonyl (C=O) groups excluding carboxylic acids is 2. The summed E-state index contributed by atoms with van der Waals surface area (Å²) >= 11 is 0. The van der Waals surface area contributed by atoms with E-state index in [1.54, 1.807) is 23.1 Å². The number of hydrogen-bond acceptors (Lipinski definition) is 10. The van der Waals surface area contributed by atoms with Crippen molar-refractivity contribution in [3.63, 3.8) is 0 Å². The Hall–Kier alpha value is -4.65. The number of rotatable bonds is 21. The summed E-state index contributed by atoms with van der Waals surface area (Å²) in [5.41, 5.74) is 3.39. The van der Waals surface area contributed by atoms with Gasteiger partial charge in [0.2, 0.25) is 5.79 Å². The molecule has 2 aromatic carbocycles. The van der Waals surface area contributed by atoms with Crippen molar-refractivity contribution in [1.29, 1.82) is 0 Å². The van der Waals surface area contributed by atoms with Crippen molar-refractivity contribution in [3.8, 4) is 11.5 Å². The first-order valence-electron chi connectivity index (χ1n) is 20.0. The number of oxime groups is 1. The van der Waals surface area contributed by atoms with E-state index in [1.165, 1.54) is 7.11 Å². The number of nitrogens with zero attached hydrogens (tertiary/aromatic N) is 2. The molecule has 2 amide bonds. The van der Waals surface area contributed by atoms with Crippen molar-refractivity contribution in [1.82, 2.24) is 10.2 Å². The molecule has 12 nitrogen and oxygen atoms in total. The number of aliphatic hydroxyl groups is 2. The van der Waals surface area contributed by atoms with E-state index in [-0.39, 0.29) is 50.6 Å². The summed E-state index contributed by atoms with van der Waals surface area (Å²) in [6.07, 6.45) is 10.5. The van der Waals surface area contributed by atoms with E-state index < -0.39 is 29.9 Å². The Labute approximate surface area is 331 Å². The topological polar surface area (TPSA) is 148 Å². The lowest BCUT2D eigenvalue weighted by atomic mass is 9.55. The maximum absolute atomic E-state index is 14.0. The van der Waals surface area contributed by atoms with Crippen LogP contribution >= 0.6 is 0 Å². The minimum absolute atomic E-state index is 0.0206. The fraction of sp³-hybridized carbons (Fsp3) is 0.523. The number of aliphatic hydroxyl groups excluding tert-OH is 2. The molecule has 0 saturated heterocycles. The van der Waals surface area contributed by atoms with E-state index in [0.717, 1.165) is 42.4 Å². The lowest BCUT2D eigenvalue weighted by Crippen LogP contribution is -2.70. The Morgan fingerprint density at radius 3 is 2.52 bits per heavy atom. The zero-order chi connectivity index (χ0) is 39.9. The lowest BCUT2D eigenvalue weighted by molar-refractivity contribution is -0.255. The molecule has 5 rings (SSSR count). The van der Waals surface area contributed by atoms with Crippen LogP contribution in [0.5, 0.6) is 11.5 Å². The van der Waals surface area contributed by atoms with Gasteiger partial charge in [0.15, 0.2) is 0 Å². The van der Waals surface area contributed by atoms with Gasteiger partial charge < -0.3 is 39.3 Å². The van der Waals surface area contributed by atoms with Crippen LogP contribution < -0.4 is 14.8 Å². The molecule has 6 atom stereocenters. The van der Waals surface area contributed by atoms with Crippen molar-refractivity contribution in [3.05, 3.63) is 96.6 Å². The summed E-state index contributed by atoms with van der Waals surface area (Å²) in [6.45, 7) is 10.9. The molecular weight excluding hydrogens is 714 g/mol. The van der Waals surface area contributed by atoms with Crippen LogP contribution in [-0.2, 0) is 20.9 Å². The van der Waals surface area contributed by atoms with Gasteiger partial charge in [0, 0.05) is 44.2 Å². The van der Waals surface area contributed by atoms with Gasteiger partial charge in [-0.05, 0) is 79.7 Å². The number of unbranched alkanes of at least 4 members (excludes halogenated alkanes) is 2. The van der Waals surface area contributed by atoms with Crippen LogP contribution in [0.15, 0.2) is 90.6 Å². The zero-order valence-corrected chi connectivity index (χ0v) is 32.9. The molecule has 1 saturated carbocycles. The van der Waals surface area contributed by atoms with Gasteiger partial charge in [-0.25, -0.2) is 9.59 Å². The van der Waals surface area contributed by atoms with Crippen molar-refractivity contribution >= 4 is 17.9 Å². The summed E-state index contributed by atoms with van der Waals surface area (Å²) in [5.74, 6) is -1.15. The molecule has 12 heteroatoms. The third-order valence-electron chi connectivity index (χ3n) is 11.0. The average Bonchev–Trinajstić information content (AvgIpc) is 3.20. The highest BCUT2D eigenvalue weighted by Gasteiger charge is 2.65. The van der Waals surface area contributed by atoms with E-state index >= 15 is 0 Å². The normalized spacial score (nSPS) is 24.1. The highest BCUT2D eigenvalue weighted by atomic mass is 16.7. The number of ether oxygens (including phenoxy) is 4. The fourth-order valence-electron chi connectivity index (χ4n) is 8.66. The standard InChI is InChI=1S/C44H59N3O9/c1-5-8-26-53-43(51)47(22-6-2)39-29-37(46-52-4)35-27-32(18-12-14-23-48)34(19-13-15-24-49)40-36-28-33(55-42(50)45-30-31-16-10-9-11-17-31)20-21-38(36)56-44(39,41(35)40)54-25-7-3/h5,7,9-11,16-17,20-21,27-28,32,34,39-41,48-49H,1,3,6,8,12-15,18-19,22-26,29-30H2,2,4H3,(H,45,50)/t32-,34+,39-,40+,41+,44+/m0/s1. The molecule has 1 aliphatic heterocycles. The van der Waals surface area contributed by atoms with Crippen LogP contribution in [-0.4, -0.2) is 84.9 Å². The largest absolute Gasteiger partial charge is 0.459 e. The van der Waals surface area contributed by atoms with Crippen molar-refractivity contribution in [2.45, 2.75) is 89.0 Å². The van der Waals surface area contributed by atoms with Crippen LogP contribution in [0.3, 0.4) is 0 Å².